The predicted octanol–water partition coefficient (Wildman–Crippen LogP) is -13.2. The molecule has 54 nitrogen and oxygen atoms in total. The largest absolute Gasteiger partial charge is 0.481 e. The van der Waals surface area contributed by atoms with Crippen LogP contribution < -0.4 is 135 Å². The summed E-state index contributed by atoms with van der Waals surface area (Å²) in [5.74, 6) is -27.2. The lowest BCUT2D eigenvalue weighted by Gasteiger charge is -2.26. The summed E-state index contributed by atoms with van der Waals surface area (Å²) in [5, 5.41) is 114. The first-order valence-electron chi connectivity index (χ1n) is 37.1. The van der Waals surface area contributed by atoms with Crippen molar-refractivity contribution in [2.75, 3.05) is 26.2 Å². The van der Waals surface area contributed by atoms with Gasteiger partial charge in [-0.1, -0.05) is 0 Å². The molecule has 0 bridgehead atoms. The van der Waals surface area contributed by atoms with Crippen molar-refractivity contribution in [3.63, 3.8) is 0 Å². The summed E-state index contributed by atoms with van der Waals surface area (Å²) in [7, 11) is 0. The van der Waals surface area contributed by atoms with Gasteiger partial charge in [0.05, 0.1) is 25.7 Å². The highest BCUT2D eigenvalue weighted by molar-refractivity contribution is 6.02. The summed E-state index contributed by atoms with van der Waals surface area (Å²) in [6, 6.07) is -26.4. The second kappa shape index (κ2) is 55.8. The van der Waals surface area contributed by atoms with E-state index in [1.807, 2.05) is 0 Å². The van der Waals surface area contributed by atoms with Crippen LogP contribution >= 0.6 is 12.4 Å². The van der Waals surface area contributed by atoms with Crippen LogP contribution in [-0.4, -0.2) is 291 Å². The summed E-state index contributed by atoms with van der Waals surface area (Å²) in [5.41, 5.74) is 26.5. The number of carboxylic acid groups (broad SMARTS) is 4. The molecule has 0 aromatic heterocycles. The molecular weight excluding hydrogens is 1630 g/mol. The van der Waals surface area contributed by atoms with E-state index in [1.54, 1.807) is 0 Å². The number of nitrogens with two attached hydrogens (primary N) is 5. The summed E-state index contributed by atoms with van der Waals surface area (Å²) in [6.45, 7) is 9.89. The molecule has 0 radical (unpaired) electrons. The molecule has 0 heterocycles. The maximum atomic E-state index is 14.0. The molecule has 0 aromatic rings. The number of primary amides is 1. The number of hydrogen-bond donors (Lipinski definition) is 33. The third kappa shape index (κ3) is 46.1. The van der Waals surface area contributed by atoms with Gasteiger partial charge >= 0.3 is 23.9 Å². The lowest BCUT2D eigenvalue weighted by molar-refractivity contribution is -0.142. The Morgan fingerprint density at radius 2 is 0.388 bits per heavy atom. The monoisotopic (exact) mass is 1750 g/mol. The maximum Gasteiger partial charge on any atom is 0.305 e. The lowest BCUT2D eigenvalue weighted by atomic mass is 10.1. The van der Waals surface area contributed by atoms with Crippen molar-refractivity contribution < 1.29 is 121 Å². The fraction of sp³-hybridized carbons (Fsp3) is 0.621. The minimum absolute atomic E-state index is 0. The Kier molecular flexibility index (Phi) is 50.4. The van der Waals surface area contributed by atoms with E-state index < -0.39 is 265 Å². The van der Waals surface area contributed by atoms with Gasteiger partial charge in [0.25, 0.3) is 0 Å². The van der Waals surface area contributed by atoms with Gasteiger partial charge in [0.1, 0.15) is 96.7 Å². The van der Waals surface area contributed by atoms with Crippen LogP contribution in [0.25, 0.3) is 0 Å². The Morgan fingerprint density at radius 1 is 0.240 bits per heavy atom. The lowest BCUT2D eigenvalue weighted by Crippen LogP contribution is -2.60. The number of carboxylic acids is 4. The van der Waals surface area contributed by atoms with E-state index in [2.05, 4.69) is 106 Å². The third-order valence-electron chi connectivity index (χ3n) is 16.6. The Labute approximate surface area is 698 Å². The molecule has 0 aromatic carbocycles. The molecule has 680 valence electrons. The van der Waals surface area contributed by atoms with Crippen LogP contribution in [0, 0.1) is 21.6 Å². The number of carbonyl (C=O) groups is 21. The fourth-order valence-corrected chi connectivity index (χ4v) is 10.1. The SMILES string of the molecule is CC(=O)N[C@@H](CCCNC(=N)N)C(=O)N[C@@H](C)C(=O)N[C@@H](CC(=O)O)C(=O)N[C@@H](C)C(=O)N[C@@H](CCCNC(=N)N)C(=O)N[C@@H](C)C(=O)N[C@@H](CC(=O)O)C(=O)N[C@@H](C)C(=O)N[C@@H](CCCNC(=N)N)C(=O)N[C@@H](C)C(=O)N[C@@H](CC(=O)O)C(=O)N[C@@H](C)C(=O)N[C@@H](CCCNC(=N)N)C(=O)N[C@@H](C)C(=O)N[C@@H](CC(=O)O)C(=O)N[C@@H](C)C(N)=O.Cl. The first-order valence-corrected chi connectivity index (χ1v) is 37.1. The smallest absolute Gasteiger partial charge is 0.305 e. The molecular formula is C66H114ClN29O25. The zero-order valence-corrected chi connectivity index (χ0v) is 68.5. The molecule has 0 aliphatic heterocycles. The van der Waals surface area contributed by atoms with Crippen LogP contribution in [0.2, 0.25) is 0 Å². The maximum absolute atomic E-state index is 14.0. The van der Waals surface area contributed by atoms with Gasteiger partial charge in [-0.25, -0.2) is 0 Å². The summed E-state index contributed by atoms with van der Waals surface area (Å²) in [6.07, 6.45) is -5.11. The van der Waals surface area contributed by atoms with E-state index in [9.17, 15) is 121 Å². The second-order valence-corrected chi connectivity index (χ2v) is 27.2. The number of guanidine groups is 4. The first kappa shape index (κ1) is 109. The Bertz CT molecular complexity index is 3760. The van der Waals surface area contributed by atoms with Crippen LogP contribution in [0.4, 0.5) is 0 Å². The number of hydrogen-bond acceptors (Lipinski definition) is 25. The van der Waals surface area contributed by atoms with Crippen LogP contribution in [-0.2, 0) is 101 Å². The van der Waals surface area contributed by atoms with Gasteiger partial charge in [-0.3, -0.25) is 122 Å². The Morgan fingerprint density at radius 3 is 0.537 bits per heavy atom. The molecule has 0 unspecified atom stereocenters. The number of carbonyl (C=O) groups excluding carboxylic acids is 17. The minimum Gasteiger partial charge on any atom is -0.481 e. The van der Waals surface area contributed by atoms with Crippen molar-refractivity contribution in [1.29, 1.82) is 21.6 Å². The highest BCUT2D eigenvalue weighted by Crippen LogP contribution is 2.09. The summed E-state index contributed by atoms with van der Waals surface area (Å²) >= 11 is 0. The highest BCUT2D eigenvalue weighted by atomic mass is 35.5. The van der Waals surface area contributed by atoms with Gasteiger partial charge in [0.2, 0.25) is 100 Å². The normalized spacial score (nSPS) is 14.6. The van der Waals surface area contributed by atoms with E-state index in [1.165, 1.54) is 13.8 Å². The van der Waals surface area contributed by atoms with Crippen LogP contribution in [0.5, 0.6) is 0 Å². The molecule has 0 spiro atoms. The molecule has 38 N–H and O–H groups in total. The molecule has 0 aliphatic carbocycles. The average Bonchev–Trinajstić information content (AvgIpc) is 0.864. The van der Waals surface area contributed by atoms with Gasteiger partial charge in [0.15, 0.2) is 23.8 Å². The predicted molar refractivity (Wildman–Crippen MR) is 424 cm³/mol. The van der Waals surface area contributed by atoms with E-state index in [-0.39, 0.29) is 95.9 Å². The average molecular weight is 1750 g/mol. The van der Waals surface area contributed by atoms with Crippen LogP contribution in [0.1, 0.15) is 139 Å². The van der Waals surface area contributed by atoms with E-state index >= 15 is 0 Å². The van der Waals surface area contributed by atoms with Gasteiger partial charge < -0.3 is 155 Å². The van der Waals surface area contributed by atoms with E-state index in [4.69, 9.17) is 50.3 Å². The van der Waals surface area contributed by atoms with Gasteiger partial charge in [-0.05, 0) is 107 Å². The minimum atomic E-state index is -2.04. The number of halogens is 1. The van der Waals surface area contributed by atoms with Gasteiger partial charge in [0, 0.05) is 33.1 Å². The molecule has 55 heteroatoms. The van der Waals surface area contributed by atoms with Crippen LogP contribution in [0.3, 0.4) is 0 Å². The molecule has 0 saturated heterocycles. The van der Waals surface area contributed by atoms with Crippen molar-refractivity contribution >= 4 is 161 Å². The number of amides is 17. The highest BCUT2D eigenvalue weighted by Gasteiger charge is 2.38. The molecule has 0 fully saturated rings. The Balaban J connectivity index is 0. The number of rotatable bonds is 56. The number of nitrogens with one attached hydrogen (secondary N) is 24. The molecule has 121 heavy (non-hydrogen) atoms. The zero-order chi connectivity index (χ0) is 92.1. The van der Waals surface area contributed by atoms with Crippen molar-refractivity contribution in [3.05, 3.63) is 0 Å². The third-order valence-corrected chi connectivity index (χ3v) is 16.6. The number of aliphatic carboxylic acids is 4. The Hall–Kier alpha value is -13.8. The zero-order valence-electron chi connectivity index (χ0n) is 67.7. The van der Waals surface area contributed by atoms with E-state index in [0.717, 1.165) is 48.5 Å². The fourth-order valence-electron chi connectivity index (χ4n) is 10.1. The summed E-state index contributed by atoms with van der Waals surface area (Å²) in [4.78, 5) is 274. The van der Waals surface area contributed by atoms with Crippen molar-refractivity contribution in [3.8, 4) is 0 Å². The summed E-state index contributed by atoms with van der Waals surface area (Å²) < 4.78 is 0. The molecule has 0 saturated carbocycles. The molecule has 0 aliphatic rings. The first-order chi connectivity index (χ1) is 55.8. The molecule has 17 amide bonds. The standard InChI is InChI=1S/C66H113N29O25.ClH/c1-26(47(67)105)80-59(117)39(22-43(97)98)92-52(110)31(6)82-56(114)36(15-11-19-77-64(70)71)89-49(107)28(3)86-61(119)41(24-45(101)102)94-54(112)33(8)84-58(116)38(17-13-21-79-66(74)75)91-50(108)29(4)87-62(120)42(25-46(103)104)95-53(111)32(7)83-57(115)37(16-12-20-78-65(72)73)90-48(106)27(2)85-60(118)40(23-44(99)100)93-51(109)30(5)81-55(113)35(88-34(9)96)14-10-18-76-63(68)69;/h26-33,35-42H,10-25H2,1-9H3,(H2,67,105)(H,80,117)(H,81,113)(H,82,114)(H,83,115)(H,84,116)(H,85,118)(H,86,119)(H,87,120)(H,88,96)(H,89,107)(H,90,106)(H,91,108)(H,92,110)(H,93,109)(H,94,112)(H,95,111)(H,97,98)(H,99,100)(H,101,102)(H,103,104)(H4,68,69,76)(H4,70,71,77)(H4,72,73,78)(H4,74,75,79);1H/t26-,27-,28-,29-,30-,31-,32-,33-,35-,36-,37-,38-,39-,40-,41-,42-;/m0./s1. The van der Waals surface area contributed by atoms with Gasteiger partial charge in [-0.2, -0.15) is 0 Å². The quantitative estimate of drug-likeness (QED) is 0.0153. The van der Waals surface area contributed by atoms with Gasteiger partial charge in [-0.15, -0.1) is 12.4 Å². The van der Waals surface area contributed by atoms with Crippen molar-refractivity contribution in [2.24, 2.45) is 28.7 Å². The molecule has 0 rings (SSSR count). The van der Waals surface area contributed by atoms with Crippen molar-refractivity contribution in [1.82, 2.24) is 106 Å². The topological polar surface area (TPSA) is 905 Å². The van der Waals surface area contributed by atoms with Crippen molar-refractivity contribution in [2.45, 2.75) is 236 Å². The van der Waals surface area contributed by atoms with E-state index in [0.29, 0.717) is 0 Å². The van der Waals surface area contributed by atoms with Crippen LogP contribution in [0.15, 0.2) is 0 Å². The molecule has 16 atom stereocenters. The second-order valence-electron chi connectivity index (χ2n) is 27.2.